The molecule has 2 N–H and O–H groups in total. The van der Waals surface area contributed by atoms with E-state index in [2.05, 4.69) is 41.7 Å². The van der Waals surface area contributed by atoms with Crippen molar-refractivity contribution in [2.24, 2.45) is 5.92 Å². The summed E-state index contributed by atoms with van der Waals surface area (Å²) in [6, 6.07) is 17.1. The Morgan fingerprint density at radius 2 is 1.70 bits per heavy atom. The molecule has 1 saturated heterocycles. The lowest BCUT2D eigenvalue weighted by Crippen LogP contribution is -2.32. The molecule has 0 unspecified atom stereocenters. The molecule has 102 valence electrons. The molecule has 0 radical (unpaired) electrons. The minimum Gasteiger partial charge on any atom is -0.508 e. The van der Waals surface area contributed by atoms with E-state index in [0.29, 0.717) is 23.6 Å². The highest BCUT2D eigenvalue weighted by Gasteiger charge is 2.41. The molecule has 0 amide bonds. The highest BCUT2D eigenvalue weighted by Crippen LogP contribution is 2.51. The van der Waals surface area contributed by atoms with Crippen molar-refractivity contribution in [3.63, 3.8) is 0 Å². The number of piperidine rings is 1. The summed E-state index contributed by atoms with van der Waals surface area (Å²) in [4.78, 5) is 0. The number of hydrogen-bond acceptors (Lipinski definition) is 2. The lowest BCUT2D eigenvalue weighted by molar-refractivity contribution is 0.287. The van der Waals surface area contributed by atoms with E-state index in [1.165, 1.54) is 29.5 Å². The maximum Gasteiger partial charge on any atom is 0.115 e. The molecule has 1 fully saturated rings. The zero-order valence-electron chi connectivity index (χ0n) is 11.4. The molecule has 0 aromatic heterocycles. The Labute approximate surface area is 119 Å². The van der Waals surface area contributed by atoms with E-state index in [1.54, 1.807) is 0 Å². The van der Waals surface area contributed by atoms with Crippen LogP contribution in [-0.2, 0) is 0 Å². The summed E-state index contributed by atoms with van der Waals surface area (Å²) in [6.07, 6.45) is 2.53. The van der Waals surface area contributed by atoms with Crippen LogP contribution in [0, 0.1) is 5.92 Å². The van der Waals surface area contributed by atoms with Gasteiger partial charge >= 0.3 is 0 Å². The molecular formula is C18H19NO. The molecule has 1 aliphatic carbocycles. The van der Waals surface area contributed by atoms with Gasteiger partial charge in [-0.05, 0) is 54.1 Å². The minimum absolute atomic E-state index is 0.346. The van der Waals surface area contributed by atoms with Gasteiger partial charge in [0.05, 0.1) is 0 Å². The third-order valence-corrected chi connectivity index (χ3v) is 4.85. The molecule has 3 atom stereocenters. The van der Waals surface area contributed by atoms with Crippen LogP contribution in [0.25, 0.3) is 0 Å². The van der Waals surface area contributed by atoms with Crippen molar-refractivity contribution in [3.05, 3.63) is 65.2 Å². The second-order valence-electron chi connectivity index (χ2n) is 5.94. The summed E-state index contributed by atoms with van der Waals surface area (Å²) in [5.41, 5.74) is 4.25. The van der Waals surface area contributed by atoms with E-state index in [1.807, 2.05) is 12.1 Å². The SMILES string of the molecule is Oc1ccc([C@H]2c3ccccc3[C@H]3NCCC[C@@H]23)cc1. The second-order valence-corrected chi connectivity index (χ2v) is 5.94. The van der Waals surface area contributed by atoms with Gasteiger partial charge in [-0.15, -0.1) is 0 Å². The number of nitrogens with one attached hydrogen (secondary N) is 1. The van der Waals surface area contributed by atoms with E-state index >= 15 is 0 Å². The quantitative estimate of drug-likeness (QED) is 0.826. The van der Waals surface area contributed by atoms with Gasteiger partial charge in [0, 0.05) is 12.0 Å². The molecule has 0 spiro atoms. The molecule has 2 aliphatic rings. The van der Waals surface area contributed by atoms with Crippen LogP contribution in [0.15, 0.2) is 48.5 Å². The highest BCUT2D eigenvalue weighted by atomic mass is 16.3. The summed E-state index contributed by atoms with van der Waals surface area (Å²) in [5, 5.41) is 13.2. The van der Waals surface area contributed by atoms with Crippen molar-refractivity contribution >= 4 is 0 Å². The van der Waals surface area contributed by atoms with Gasteiger partial charge in [0.1, 0.15) is 5.75 Å². The van der Waals surface area contributed by atoms with Gasteiger partial charge in [-0.3, -0.25) is 0 Å². The van der Waals surface area contributed by atoms with Crippen molar-refractivity contribution in [1.82, 2.24) is 5.32 Å². The van der Waals surface area contributed by atoms with Crippen molar-refractivity contribution in [2.75, 3.05) is 6.54 Å². The summed E-state index contributed by atoms with van der Waals surface area (Å²) in [5.74, 6) is 1.45. The normalized spacial score (nSPS) is 27.9. The van der Waals surface area contributed by atoms with Gasteiger partial charge < -0.3 is 10.4 Å². The van der Waals surface area contributed by atoms with Crippen LogP contribution in [0.3, 0.4) is 0 Å². The summed E-state index contributed by atoms with van der Waals surface area (Å²) in [7, 11) is 0. The first-order chi connectivity index (χ1) is 9.84. The number of fused-ring (bicyclic) bond motifs is 3. The molecule has 0 saturated carbocycles. The standard InChI is InChI=1S/C18H19NO/c20-13-9-7-12(8-10-13)17-14-4-1-2-5-15(14)18-16(17)6-3-11-19-18/h1-2,4-5,7-10,16-20H,3,6,11H2/t16-,17-,18+/m0/s1. The van der Waals surface area contributed by atoms with Gasteiger partial charge in [0.2, 0.25) is 0 Å². The van der Waals surface area contributed by atoms with E-state index in [-0.39, 0.29) is 0 Å². The molecule has 2 nitrogen and oxygen atoms in total. The fourth-order valence-electron chi connectivity index (χ4n) is 4.03. The van der Waals surface area contributed by atoms with Gasteiger partial charge in [0.15, 0.2) is 0 Å². The average molecular weight is 265 g/mol. The van der Waals surface area contributed by atoms with Gasteiger partial charge in [0.25, 0.3) is 0 Å². The predicted octanol–water partition coefficient (Wildman–Crippen LogP) is 3.58. The Balaban J connectivity index is 1.83. The third kappa shape index (κ3) is 1.75. The smallest absolute Gasteiger partial charge is 0.115 e. The Morgan fingerprint density at radius 1 is 0.950 bits per heavy atom. The Bertz CT molecular complexity index is 620. The molecule has 4 rings (SSSR count). The number of hydrogen-bond donors (Lipinski definition) is 2. The van der Waals surface area contributed by atoms with Crippen molar-refractivity contribution < 1.29 is 5.11 Å². The summed E-state index contributed by atoms with van der Waals surface area (Å²) < 4.78 is 0. The largest absolute Gasteiger partial charge is 0.508 e. The lowest BCUT2D eigenvalue weighted by Gasteiger charge is -2.31. The average Bonchev–Trinajstić information content (AvgIpc) is 2.83. The molecule has 1 aliphatic heterocycles. The first kappa shape index (κ1) is 12.0. The van der Waals surface area contributed by atoms with E-state index in [0.717, 1.165) is 6.54 Å². The van der Waals surface area contributed by atoms with Gasteiger partial charge in [-0.1, -0.05) is 36.4 Å². The molecule has 0 bridgehead atoms. The molecule has 2 heteroatoms. The summed E-state index contributed by atoms with van der Waals surface area (Å²) in [6.45, 7) is 1.12. The van der Waals surface area contributed by atoms with E-state index in [9.17, 15) is 5.11 Å². The maximum absolute atomic E-state index is 9.51. The first-order valence-corrected chi connectivity index (χ1v) is 7.46. The molecule has 1 heterocycles. The van der Waals surface area contributed by atoms with Crippen LogP contribution >= 0.6 is 0 Å². The lowest BCUT2D eigenvalue weighted by atomic mass is 9.80. The Hall–Kier alpha value is -1.80. The van der Waals surface area contributed by atoms with Crippen molar-refractivity contribution in [3.8, 4) is 5.75 Å². The van der Waals surface area contributed by atoms with E-state index in [4.69, 9.17) is 0 Å². The van der Waals surface area contributed by atoms with Crippen LogP contribution < -0.4 is 5.32 Å². The Morgan fingerprint density at radius 3 is 2.50 bits per heavy atom. The zero-order chi connectivity index (χ0) is 13.5. The van der Waals surface area contributed by atoms with Crippen molar-refractivity contribution in [1.29, 1.82) is 0 Å². The fourth-order valence-corrected chi connectivity index (χ4v) is 4.03. The fraction of sp³-hybridized carbons (Fsp3) is 0.333. The number of aromatic hydroxyl groups is 1. The second kappa shape index (κ2) is 4.64. The third-order valence-electron chi connectivity index (χ3n) is 4.85. The maximum atomic E-state index is 9.51. The molecular weight excluding hydrogens is 246 g/mol. The predicted molar refractivity (Wildman–Crippen MR) is 79.9 cm³/mol. The minimum atomic E-state index is 0.346. The van der Waals surface area contributed by atoms with Crippen LogP contribution in [0.4, 0.5) is 0 Å². The summed E-state index contributed by atoms with van der Waals surface area (Å²) >= 11 is 0. The number of phenolic OH excluding ortho intramolecular Hbond substituents is 1. The van der Waals surface area contributed by atoms with Crippen LogP contribution in [-0.4, -0.2) is 11.7 Å². The molecule has 20 heavy (non-hydrogen) atoms. The topological polar surface area (TPSA) is 32.3 Å². The van der Waals surface area contributed by atoms with Crippen LogP contribution in [0.2, 0.25) is 0 Å². The van der Waals surface area contributed by atoms with Gasteiger partial charge in [-0.2, -0.15) is 0 Å². The first-order valence-electron chi connectivity index (χ1n) is 7.46. The zero-order valence-corrected chi connectivity index (χ0v) is 11.4. The highest BCUT2D eigenvalue weighted by molar-refractivity contribution is 5.47. The monoisotopic (exact) mass is 265 g/mol. The van der Waals surface area contributed by atoms with Crippen LogP contribution in [0.5, 0.6) is 5.75 Å². The number of phenols is 1. The number of benzene rings is 2. The van der Waals surface area contributed by atoms with Crippen molar-refractivity contribution in [2.45, 2.75) is 24.8 Å². The molecule has 2 aromatic rings. The van der Waals surface area contributed by atoms with Crippen LogP contribution in [0.1, 0.15) is 41.5 Å². The Kier molecular flexibility index (Phi) is 2.78. The molecule has 2 aromatic carbocycles. The van der Waals surface area contributed by atoms with E-state index < -0.39 is 0 Å². The number of rotatable bonds is 1. The van der Waals surface area contributed by atoms with Gasteiger partial charge in [-0.25, -0.2) is 0 Å².